The van der Waals surface area contributed by atoms with E-state index < -0.39 is 11.7 Å². The molecular formula is C19H14N4O3. The first-order valence-electron chi connectivity index (χ1n) is 7.96. The average Bonchev–Trinajstić information content (AvgIpc) is 2.89. The van der Waals surface area contributed by atoms with Crippen molar-refractivity contribution in [2.24, 2.45) is 0 Å². The number of anilines is 4. The number of nitrogens with one attached hydrogen (secondary N) is 3. The van der Waals surface area contributed by atoms with Gasteiger partial charge in [-0.1, -0.05) is 30.3 Å². The van der Waals surface area contributed by atoms with Gasteiger partial charge in [0, 0.05) is 29.1 Å². The minimum atomic E-state index is -0.678. The molecule has 0 unspecified atom stereocenters. The fraction of sp³-hybridized carbons (Fsp3) is 0.0526. The van der Waals surface area contributed by atoms with Crippen LogP contribution in [0.5, 0.6) is 0 Å². The summed E-state index contributed by atoms with van der Waals surface area (Å²) in [6.07, 6.45) is 0. The lowest BCUT2D eigenvalue weighted by Gasteiger charge is -2.12. The molecule has 0 bridgehead atoms. The highest BCUT2D eigenvalue weighted by Crippen LogP contribution is 2.34. The lowest BCUT2D eigenvalue weighted by atomic mass is 10.0. The van der Waals surface area contributed by atoms with Crippen molar-refractivity contribution in [1.29, 1.82) is 0 Å². The lowest BCUT2D eigenvalue weighted by molar-refractivity contribution is -0.114. The Hall–Kier alpha value is -3.74. The predicted octanol–water partition coefficient (Wildman–Crippen LogP) is 3.07. The highest BCUT2D eigenvalue weighted by Gasteiger charge is 2.32. The minimum Gasteiger partial charge on any atom is -0.340 e. The number of rotatable bonds is 3. The van der Waals surface area contributed by atoms with Crippen molar-refractivity contribution in [3.8, 4) is 0 Å². The third-order valence-electron chi connectivity index (χ3n) is 4.02. The maximum Gasteiger partial charge on any atom is 0.298 e. The summed E-state index contributed by atoms with van der Waals surface area (Å²) in [5.41, 5.74) is 1.66. The van der Waals surface area contributed by atoms with Crippen LogP contribution in [0.15, 0.2) is 48.5 Å². The molecule has 0 spiro atoms. The number of fused-ring (bicyclic) bond motifs is 3. The first kappa shape index (κ1) is 15.8. The van der Waals surface area contributed by atoms with E-state index in [4.69, 9.17) is 0 Å². The number of carbonyl (C=O) groups is 3. The van der Waals surface area contributed by atoms with Crippen molar-refractivity contribution in [3.05, 3.63) is 54.1 Å². The van der Waals surface area contributed by atoms with E-state index in [1.807, 2.05) is 18.2 Å². The monoisotopic (exact) mass is 346 g/mol. The molecule has 0 atom stereocenters. The topological polar surface area (TPSA) is 100 Å². The maximum absolute atomic E-state index is 12.1. The van der Waals surface area contributed by atoms with Crippen LogP contribution < -0.4 is 16.0 Å². The Morgan fingerprint density at radius 1 is 1.00 bits per heavy atom. The number of benzene rings is 2. The van der Waals surface area contributed by atoms with Crippen LogP contribution in [-0.4, -0.2) is 22.6 Å². The average molecular weight is 346 g/mol. The van der Waals surface area contributed by atoms with Crippen LogP contribution in [0.25, 0.3) is 10.8 Å². The van der Waals surface area contributed by atoms with Gasteiger partial charge in [0.1, 0.15) is 11.6 Å². The zero-order chi connectivity index (χ0) is 18.3. The molecule has 0 saturated heterocycles. The van der Waals surface area contributed by atoms with Gasteiger partial charge in [0.2, 0.25) is 5.91 Å². The van der Waals surface area contributed by atoms with E-state index in [0.29, 0.717) is 28.1 Å². The molecule has 2 amide bonds. The quantitative estimate of drug-likeness (QED) is 0.633. The Kier molecular flexibility index (Phi) is 3.62. The molecule has 26 heavy (non-hydrogen) atoms. The van der Waals surface area contributed by atoms with Gasteiger partial charge in [-0.25, -0.2) is 4.98 Å². The van der Waals surface area contributed by atoms with Crippen LogP contribution in [0.1, 0.15) is 17.3 Å². The number of carbonyl (C=O) groups excluding carboxylic acids is 3. The van der Waals surface area contributed by atoms with E-state index in [2.05, 4.69) is 20.9 Å². The second-order valence-corrected chi connectivity index (χ2v) is 5.90. The smallest absolute Gasteiger partial charge is 0.298 e. The first-order chi connectivity index (χ1) is 12.5. The van der Waals surface area contributed by atoms with E-state index in [1.54, 1.807) is 30.3 Å². The summed E-state index contributed by atoms with van der Waals surface area (Å²) in [5, 5.41) is 9.80. The molecule has 0 saturated carbocycles. The molecule has 2 heterocycles. The van der Waals surface area contributed by atoms with Gasteiger partial charge in [-0.2, -0.15) is 0 Å². The Balaban J connectivity index is 1.80. The van der Waals surface area contributed by atoms with E-state index in [0.717, 1.165) is 5.39 Å². The Morgan fingerprint density at radius 2 is 1.73 bits per heavy atom. The van der Waals surface area contributed by atoms with Crippen molar-refractivity contribution < 1.29 is 14.4 Å². The lowest BCUT2D eigenvalue weighted by Crippen LogP contribution is -2.12. The molecule has 1 aliphatic rings. The van der Waals surface area contributed by atoms with E-state index >= 15 is 0 Å². The van der Waals surface area contributed by atoms with Crippen molar-refractivity contribution in [1.82, 2.24) is 4.98 Å². The van der Waals surface area contributed by atoms with Crippen molar-refractivity contribution in [2.75, 3.05) is 16.0 Å². The molecule has 2 aromatic carbocycles. The third-order valence-corrected chi connectivity index (χ3v) is 4.02. The summed E-state index contributed by atoms with van der Waals surface area (Å²) in [6.45, 7) is 1.44. The molecule has 3 N–H and O–H groups in total. The number of pyridine rings is 1. The molecular weight excluding hydrogens is 332 g/mol. The largest absolute Gasteiger partial charge is 0.340 e. The fourth-order valence-electron chi connectivity index (χ4n) is 2.97. The van der Waals surface area contributed by atoms with Gasteiger partial charge in [-0.15, -0.1) is 0 Å². The molecule has 7 heteroatoms. The summed E-state index contributed by atoms with van der Waals surface area (Å²) >= 11 is 0. The summed E-state index contributed by atoms with van der Waals surface area (Å²) < 4.78 is 0. The van der Waals surface area contributed by atoms with Crippen LogP contribution >= 0.6 is 0 Å². The molecule has 128 valence electrons. The van der Waals surface area contributed by atoms with E-state index in [-0.39, 0.29) is 11.7 Å². The number of nitrogens with zero attached hydrogens (tertiary/aromatic N) is 1. The zero-order valence-electron chi connectivity index (χ0n) is 13.8. The molecule has 0 fully saturated rings. The Bertz CT molecular complexity index is 1090. The molecule has 0 radical (unpaired) electrons. The molecule has 1 aliphatic heterocycles. The number of hydrogen-bond acceptors (Lipinski definition) is 5. The number of ketones is 1. The third kappa shape index (κ3) is 2.65. The van der Waals surface area contributed by atoms with Crippen LogP contribution in [0.4, 0.5) is 23.0 Å². The summed E-state index contributed by atoms with van der Waals surface area (Å²) in [7, 11) is 0. The Labute approximate surface area is 148 Å². The highest BCUT2D eigenvalue weighted by atomic mass is 16.2. The van der Waals surface area contributed by atoms with Crippen molar-refractivity contribution in [3.63, 3.8) is 0 Å². The molecule has 4 rings (SSSR count). The van der Waals surface area contributed by atoms with Crippen LogP contribution in [0.2, 0.25) is 0 Å². The Morgan fingerprint density at radius 3 is 2.50 bits per heavy atom. The molecule has 7 nitrogen and oxygen atoms in total. The van der Waals surface area contributed by atoms with Gasteiger partial charge in [0.15, 0.2) is 0 Å². The summed E-state index contributed by atoms with van der Waals surface area (Å²) in [4.78, 5) is 39.5. The SMILES string of the molecule is CC(=O)Nc1cccc(Nc2nc3c(c4ccccc24)C(=O)C(=O)N3)c1. The van der Waals surface area contributed by atoms with Gasteiger partial charge in [0.25, 0.3) is 11.7 Å². The van der Waals surface area contributed by atoms with Crippen molar-refractivity contribution >= 4 is 51.4 Å². The number of amides is 2. The van der Waals surface area contributed by atoms with Gasteiger partial charge in [-0.3, -0.25) is 14.4 Å². The fourth-order valence-corrected chi connectivity index (χ4v) is 2.97. The molecule has 3 aromatic rings. The van der Waals surface area contributed by atoms with Crippen molar-refractivity contribution in [2.45, 2.75) is 6.92 Å². The zero-order valence-corrected chi connectivity index (χ0v) is 13.8. The first-order valence-corrected chi connectivity index (χ1v) is 7.96. The molecule has 1 aromatic heterocycles. The van der Waals surface area contributed by atoms with Gasteiger partial charge in [0.05, 0.1) is 5.56 Å². The second-order valence-electron chi connectivity index (χ2n) is 5.90. The van der Waals surface area contributed by atoms with Crippen LogP contribution in [-0.2, 0) is 9.59 Å². The maximum atomic E-state index is 12.1. The standard InChI is InChI=1S/C19H14N4O3/c1-10(24)20-11-5-4-6-12(9-11)21-17-14-8-3-2-7-13(14)15-16(25)19(26)23-18(15)22-17/h2-9H,1H3,(H,20,24)(H2,21,22,23,25,26). The molecule has 0 aliphatic carbocycles. The highest BCUT2D eigenvalue weighted by molar-refractivity contribution is 6.53. The predicted molar refractivity (Wildman–Crippen MR) is 98.7 cm³/mol. The van der Waals surface area contributed by atoms with E-state index in [9.17, 15) is 14.4 Å². The van der Waals surface area contributed by atoms with E-state index in [1.165, 1.54) is 6.92 Å². The summed E-state index contributed by atoms with van der Waals surface area (Å²) in [5.74, 6) is -0.664. The van der Waals surface area contributed by atoms with Gasteiger partial charge in [-0.05, 0) is 18.2 Å². The van der Waals surface area contributed by atoms with Gasteiger partial charge >= 0.3 is 0 Å². The normalized spacial score (nSPS) is 12.7. The summed E-state index contributed by atoms with van der Waals surface area (Å²) in [6, 6.07) is 14.4. The van der Waals surface area contributed by atoms with Crippen LogP contribution in [0, 0.1) is 0 Å². The second kappa shape index (κ2) is 5.96. The van der Waals surface area contributed by atoms with Gasteiger partial charge < -0.3 is 16.0 Å². The number of Topliss-reactive ketones (excluding diaryl/α,β-unsaturated/α-hetero) is 1. The van der Waals surface area contributed by atoms with Crippen LogP contribution in [0.3, 0.4) is 0 Å². The number of hydrogen-bond donors (Lipinski definition) is 3. The number of aromatic nitrogens is 1. The minimum absolute atomic E-state index is 0.163.